The van der Waals surface area contributed by atoms with E-state index in [1.54, 1.807) is 0 Å². The summed E-state index contributed by atoms with van der Waals surface area (Å²) >= 11 is 0. The molecule has 5 heteroatoms. The number of rotatable bonds is 3. The summed E-state index contributed by atoms with van der Waals surface area (Å²) < 4.78 is 2.22. The number of imidazole rings is 1. The summed E-state index contributed by atoms with van der Waals surface area (Å²) in [4.78, 5) is 7.22. The molecule has 1 fully saturated rings. The topological polar surface area (TPSA) is 49.2 Å². The van der Waals surface area contributed by atoms with Crippen molar-refractivity contribution < 1.29 is 0 Å². The van der Waals surface area contributed by atoms with Crippen LogP contribution in [0.25, 0.3) is 5.65 Å². The monoisotopic (exact) mass is 309 g/mol. The third-order valence-corrected chi connectivity index (χ3v) is 5.07. The van der Waals surface area contributed by atoms with E-state index in [9.17, 15) is 0 Å². The molecule has 0 unspecified atom stereocenters. The van der Waals surface area contributed by atoms with Crippen molar-refractivity contribution in [3.05, 3.63) is 53.2 Å². The molecule has 1 aliphatic heterocycles. The first-order chi connectivity index (χ1) is 11.2. The molecule has 1 saturated heterocycles. The number of hydrogen-bond acceptors (Lipinski definition) is 3. The molecule has 4 rings (SSSR count). The van der Waals surface area contributed by atoms with Crippen LogP contribution in [0.1, 0.15) is 41.4 Å². The molecule has 0 bridgehead atoms. The van der Waals surface area contributed by atoms with Crippen molar-refractivity contribution in [1.29, 1.82) is 0 Å². The summed E-state index contributed by atoms with van der Waals surface area (Å²) in [5.41, 5.74) is 6.12. The highest BCUT2D eigenvalue weighted by Crippen LogP contribution is 2.29. The first-order valence-corrected chi connectivity index (χ1v) is 8.37. The van der Waals surface area contributed by atoms with Crippen molar-refractivity contribution in [2.75, 3.05) is 13.1 Å². The van der Waals surface area contributed by atoms with Gasteiger partial charge >= 0.3 is 0 Å². The lowest BCUT2D eigenvalue weighted by Gasteiger charge is -2.31. The number of hydrogen-bond donors (Lipinski definition) is 1. The number of likely N-dealkylation sites (tertiary alicyclic amines) is 1. The second kappa shape index (κ2) is 5.81. The van der Waals surface area contributed by atoms with Gasteiger partial charge in [0.2, 0.25) is 0 Å². The number of aromatic nitrogens is 4. The van der Waals surface area contributed by atoms with Crippen molar-refractivity contribution in [2.45, 2.75) is 39.2 Å². The molecule has 0 aromatic carbocycles. The molecule has 5 nitrogen and oxygen atoms in total. The van der Waals surface area contributed by atoms with Crippen LogP contribution in [-0.4, -0.2) is 37.6 Å². The zero-order chi connectivity index (χ0) is 15.8. The fourth-order valence-corrected chi connectivity index (χ4v) is 3.72. The summed E-state index contributed by atoms with van der Waals surface area (Å²) in [5, 5.41) is 7.36. The van der Waals surface area contributed by atoms with Crippen LogP contribution in [0.4, 0.5) is 0 Å². The molecular formula is C18H23N5. The van der Waals surface area contributed by atoms with Gasteiger partial charge in [-0.05, 0) is 57.5 Å². The SMILES string of the molecule is Cc1cn[nH]c1C1CCN(Cc2c(C)nc3ccccn23)CC1. The van der Waals surface area contributed by atoms with Gasteiger partial charge in [-0.25, -0.2) is 4.98 Å². The van der Waals surface area contributed by atoms with Gasteiger partial charge in [-0.3, -0.25) is 10.00 Å². The minimum absolute atomic E-state index is 0.622. The molecule has 1 aliphatic rings. The Hall–Kier alpha value is -2.14. The second-order valence-corrected chi connectivity index (χ2v) is 6.59. The maximum Gasteiger partial charge on any atom is 0.137 e. The van der Waals surface area contributed by atoms with Crippen LogP contribution in [0, 0.1) is 13.8 Å². The predicted molar refractivity (Wildman–Crippen MR) is 90.5 cm³/mol. The first kappa shape index (κ1) is 14.5. The van der Waals surface area contributed by atoms with E-state index in [0.717, 1.165) is 31.0 Å². The van der Waals surface area contributed by atoms with E-state index in [1.807, 2.05) is 12.3 Å². The molecule has 0 amide bonds. The van der Waals surface area contributed by atoms with Crippen LogP contribution in [0.2, 0.25) is 0 Å². The van der Waals surface area contributed by atoms with E-state index >= 15 is 0 Å². The van der Waals surface area contributed by atoms with Gasteiger partial charge < -0.3 is 4.40 Å². The molecule has 1 N–H and O–H groups in total. The van der Waals surface area contributed by atoms with Gasteiger partial charge in [0.15, 0.2) is 0 Å². The van der Waals surface area contributed by atoms with E-state index in [1.165, 1.54) is 29.8 Å². The van der Waals surface area contributed by atoms with Gasteiger partial charge in [0.25, 0.3) is 0 Å². The van der Waals surface area contributed by atoms with Crippen molar-refractivity contribution in [3.8, 4) is 0 Å². The van der Waals surface area contributed by atoms with Gasteiger partial charge in [0.1, 0.15) is 5.65 Å². The number of nitrogens with one attached hydrogen (secondary N) is 1. The fourth-order valence-electron chi connectivity index (χ4n) is 3.72. The summed E-state index contributed by atoms with van der Waals surface area (Å²) in [6, 6.07) is 6.19. The van der Waals surface area contributed by atoms with Crippen molar-refractivity contribution in [2.24, 2.45) is 0 Å². The van der Waals surface area contributed by atoms with E-state index < -0.39 is 0 Å². The highest BCUT2D eigenvalue weighted by Gasteiger charge is 2.24. The lowest BCUT2D eigenvalue weighted by molar-refractivity contribution is 0.200. The lowest BCUT2D eigenvalue weighted by Crippen LogP contribution is -2.33. The molecular weight excluding hydrogens is 286 g/mol. The number of nitrogens with zero attached hydrogens (tertiary/aromatic N) is 4. The largest absolute Gasteiger partial charge is 0.302 e. The minimum Gasteiger partial charge on any atom is -0.302 e. The number of H-pyrrole nitrogens is 1. The first-order valence-electron chi connectivity index (χ1n) is 8.37. The molecule has 23 heavy (non-hydrogen) atoms. The van der Waals surface area contributed by atoms with Crippen LogP contribution in [0.5, 0.6) is 0 Å². The number of piperidine rings is 1. The normalized spacial score (nSPS) is 17.1. The van der Waals surface area contributed by atoms with Crippen molar-refractivity contribution in [3.63, 3.8) is 0 Å². The van der Waals surface area contributed by atoms with Gasteiger partial charge in [0, 0.05) is 24.4 Å². The van der Waals surface area contributed by atoms with E-state index in [4.69, 9.17) is 0 Å². The zero-order valence-corrected chi connectivity index (χ0v) is 13.8. The summed E-state index contributed by atoms with van der Waals surface area (Å²) in [5.74, 6) is 0.622. The zero-order valence-electron chi connectivity index (χ0n) is 13.8. The Kier molecular flexibility index (Phi) is 3.65. The number of pyridine rings is 1. The quantitative estimate of drug-likeness (QED) is 0.809. The molecule has 0 radical (unpaired) electrons. The summed E-state index contributed by atoms with van der Waals surface area (Å²) in [6.45, 7) is 7.49. The Balaban J connectivity index is 1.47. The van der Waals surface area contributed by atoms with Crippen LogP contribution < -0.4 is 0 Å². The van der Waals surface area contributed by atoms with Gasteiger partial charge in [0.05, 0.1) is 17.6 Å². The lowest BCUT2D eigenvalue weighted by atomic mass is 9.91. The predicted octanol–water partition coefficient (Wildman–Crippen LogP) is 3.05. The fraction of sp³-hybridized carbons (Fsp3) is 0.444. The van der Waals surface area contributed by atoms with Gasteiger partial charge in [-0.1, -0.05) is 6.07 Å². The Morgan fingerprint density at radius 2 is 2.04 bits per heavy atom. The molecule has 0 saturated carbocycles. The Bertz CT molecular complexity index is 808. The van der Waals surface area contributed by atoms with E-state index in [0.29, 0.717) is 5.92 Å². The van der Waals surface area contributed by atoms with Crippen LogP contribution in [-0.2, 0) is 6.54 Å². The summed E-state index contributed by atoms with van der Waals surface area (Å²) in [7, 11) is 0. The third kappa shape index (κ3) is 2.65. The number of aryl methyl sites for hydroxylation is 2. The molecule has 0 aliphatic carbocycles. The van der Waals surface area contributed by atoms with Crippen LogP contribution >= 0.6 is 0 Å². The standard InChI is InChI=1S/C18H23N5/c1-13-11-19-21-18(13)15-6-9-22(10-7-15)12-16-14(2)20-17-5-3-4-8-23(16)17/h3-5,8,11,15H,6-7,9-10,12H2,1-2H3,(H,19,21). The molecule has 120 valence electrons. The number of fused-ring (bicyclic) bond motifs is 1. The highest BCUT2D eigenvalue weighted by molar-refractivity contribution is 5.42. The maximum atomic E-state index is 4.67. The third-order valence-electron chi connectivity index (χ3n) is 5.07. The summed E-state index contributed by atoms with van der Waals surface area (Å²) in [6.07, 6.45) is 6.44. The molecule has 0 atom stereocenters. The minimum atomic E-state index is 0.622. The average molecular weight is 309 g/mol. The van der Waals surface area contributed by atoms with Crippen LogP contribution in [0.15, 0.2) is 30.6 Å². The second-order valence-electron chi connectivity index (χ2n) is 6.59. The molecule has 0 spiro atoms. The Morgan fingerprint density at radius 1 is 1.22 bits per heavy atom. The van der Waals surface area contributed by atoms with Gasteiger partial charge in [-0.2, -0.15) is 5.10 Å². The smallest absolute Gasteiger partial charge is 0.137 e. The number of aromatic amines is 1. The van der Waals surface area contributed by atoms with Crippen molar-refractivity contribution in [1.82, 2.24) is 24.5 Å². The van der Waals surface area contributed by atoms with E-state index in [-0.39, 0.29) is 0 Å². The molecule has 3 aromatic rings. The van der Waals surface area contributed by atoms with Crippen molar-refractivity contribution >= 4 is 5.65 Å². The molecule has 4 heterocycles. The average Bonchev–Trinajstić information content (AvgIpc) is 3.12. The Morgan fingerprint density at radius 3 is 2.78 bits per heavy atom. The van der Waals surface area contributed by atoms with Gasteiger partial charge in [-0.15, -0.1) is 0 Å². The maximum absolute atomic E-state index is 4.67. The molecule has 3 aromatic heterocycles. The van der Waals surface area contributed by atoms with Crippen LogP contribution in [0.3, 0.4) is 0 Å². The Labute approximate surface area is 136 Å². The van der Waals surface area contributed by atoms with E-state index in [2.05, 4.69) is 56.7 Å². The highest BCUT2D eigenvalue weighted by atomic mass is 15.2.